The molecule has 1 aliphatic heterocycles. The summed E-state index contributed by atoms with van der Waals surface area (Å²) in [4.78, 5) is 2.45. The Kier molecular flexibility index (Phi) is 3.10. The maximum absolute atomic E-state index is 2.45. The third kappa shape index (κ3) is 2.41. The molecular formula is C14H19N. The Labute approximate surface area is 92.4 Å². The molecule has 1 aromatic rings. The number of benzene rings is 1. The second-order valence-corrected chi connectivity index (χ2v) is 4.58. The molecule has 0 amide bonds. The van der Waals surface area contributed by atoms with Gasteiger partial charge in [-0.3, -0.25) is 0 Å². The number of para-hydroxylation sites is 1. The average Bonchev–Trinajstić information content (AvgIpc) is 2.30. The first-order chi connectivity index (χ1) is 7.27. The summed E-state index contributed by atoms with van der Waals surface area (Å²) in [5, 5.41) is 0. The molecule has 1 aliphatic rings. The van der Waals surface area contributed by atoms with Gasteiger partial charge in [0.15, 0.2) is 0 Å². The summed E-state index contributed by atoms with van der Waals surface area (Å²) in [7, 11) is 0. The lowest BCUT2D eigenvalue weighted by Gasteiger charge is -2.32. The molecule has 0 fully saturated rings. The summed E-state index contributed by atoms with van der Waals surface area (Å²) in [5.74, 6) is 1.42. The van der Waals surface area contributed by atoms with E-state index in [9.17, 15) is 0 Å². The molecule has 1 aromatic carbocycles. The Hall–Kier alpha value is -1.24. The van der Waals surface area contributed by atoms with Crippen molar-refractivity contribution in [1.29, 1.82) is 0 Å². The van der Waals surface area contributed by atoms with Crippen LogP contribution in [0.4, 0.5) is 5.69 Å². The van der Waals surface area contributed by atoms with Crippen LogP contribution in [0.5, 0.6) is 0 Å². The molecule has 0 spiro atoms. The average molecular weight is 201 g/mol. The van der Waals surface area contributed by atoms with Crippen molar-refractivity contribution < 1.29 is 0 Å². The summed E-state index contributed by atoms with van der Waals surface area (Å²) in [6.45, 7) is 6.79. The van der Waals surface area contributed by atoms with Gasteiger partial charge in [-0.15, -0.1) is 0 Å². The van der Waals surface area contributed by atoms with Crippen LogP contribution in [0.2, 0.25) is 0 Å². The monoisotopic (exact) mass is 201 g/mol. The lowest BCUT2D eigenvalue weighted by atomic mass is 9.92. The van der Waals surface area contributed by atoms with Gasteiger partial charge in [-0.25, -0.2) is 0 Å². The minimum absolute atomic E-state index is 0.693. The second kappa shape index (κ2) is 4.52. The highest BCUT2D eigenvalue weighted by atomic mass is 15.1. The van der Waals surface area contributed by atoms with Crippen LogP contribution in [0, 0.1) is 11.8 Å². The van der Waals surface area contributed by atoms with Crippen LogP contribution in [0.1, 0.15) is 13.8 Å². The molecule has 1 heteroatoms. The van der Waals surface area contributed by atoms with E-state index >= 15 is 0 Å². The minimum atomic E-state index is 0.693. The Bertz CT molecular complexity index is 326. The van der Waals surface area contributed by atoms with E-state index in [1.807, 2.05) is 0 Å². The van der Waals surface area contributed by atoms with E-state index in [2.05, 4.69) is 61.2 Å². The number of rotatable bonds is 2. The van der Waals surface area contributed by atoms with Gasteiger partial charge in [0.2, 0.25) is 0 Å². The van der Waals surface area contributed by atoms with Crippen molar-refractivity contribution in [3.05, 3.63) is 42.5 Å². The highest BCUT2D eigenvalue weighted by Crippen LogP contribution is 2.22. The quantitative estimate of drug-likeness (QED) is 0.663. The van der Waals surface area contributed by atoms with Crippen LogP contribution in [-0.2, 0) is 0 Å². The number of hydrogen-bond donors (Lipinski definition) is 0. The van der Waals surface area contributed by atoms with Gasteiger partial charge in [0.05, 0.1) is 0 Å². The summed E-state index contributed by atoms with van der Waals surface area (Å²) < 4.78 is 0. The van der Waals surface area contributed by atoms with Crippen molar-refractivity contribution in [3.8, 4) is 0 Å². The largest absolute Gasteiger partial charge is 0.367 e. The molecule has 0 saturated heterocycles. The number of hydrogen-bond acceptors (Lipinski definition) is 1. The molecule has 80 valence electrons. The van der Waals surface area contributed by atoms with Crippen molar-refractivity contribution in [2.45, 2.75) is 13.8 Å². The lowest BCUT2D eigenvalue weighted by molar-refractivity contribution is 0.453. The fraction of sp³-hybridized carbons (Fsp3) is 0.429. The van der Waals surface area contributed by atoms with E-state index in [-0.39, 0.29) is 0 Å². The van der Waals surface area contributed by atoms with E-state index in [4.69, 9.17) is 0 Å². The molecule has 2 rings (SSSR count). The van der Waals surface area contributed by atoms with Gasteiger partial charge in [0.25, 0.3) is 0 Å². The summed E-state index contributed by atoms with van der Waals surface area (Å²) in [5.41, 5.74) is 1.34. The molecule has 1 heterocycles. The van der Waals surface area contributed by atoms with E-state index < -0.39 is 0 Å². The fourth-order valence-corrected chi connectivity index (χ4v) is 2.04. The molecule has 0 saturated carbocycles. The lowest BCUT2D eigenvalue weighted by Crippen LogP contribution is -2.34. The van der Waals surface area contributed by atoms with Gasteiger partial charge in [-0.05, 0) is 24.0 Å². The molecule has 0 aliphatic carbocycles. The summed E-state index contributed by atoms with van der Waals surface area (Å²) in [6, 6.07) is 10.7. The Balaban J connectivity index is 2.10. The van der Waals surface area contributed by atoms with Crippen molar-refractivity contribution in [2.24, 2.45) is 11.8 Å². The van der Waals surface area contributed by atoms with Gasteiger partial charge in [0.1, 0.15) is 0 Å². The fourth-order valence-electron chi connectivity index (χ4n) is 2.04. The van der Waals surface area contributed by atoms with E-state index in [0.717, 1.165) is 19.0 Å². The van der Waals surface area contributed by atoms with Gasteiger partial charge in [-0.1, -0.05) is 44.2 Å². The van der Waals surface area contributed by atoms with E-state index in [1.54, 1.807) is 0 Å². The van der Waals surface area contributed by atoms with Gasteiger partial charge < -0.3 is 4.90 Å². The van der Waals surface area contributed by atoms with Gasteiger partial charge in [-0.2, -0.15) is 0 Å². The predicted molar refractivity (Wildman–Crippen MR) is 66.1 cm³/mol. The normalized spacial score (nSPS) is 21.0. The zero-order chi connectivity index (χ0) is 10.7. The standard InChI is InChI=1S/C14H19N/c1-12(2)13-7-6-10-15(11-13)14-8-4-3-5-9-14/h3-9,12-13H,10-11H2,1-2H3. The highest BCUT2D eigenvalue weighted by Gasteiger charge is 2.17. The Morgan fingerprint density at radius 3 is 2.60 bits per heavy atom. The third-order valence-corrected chi connectivity index (χ3v) is 3.12. The van der Waals surface area contributed by atoms with Crippen LogP contribution in [0.25, 0.3) is 0 Å². The number of anilines is 1. The topological polar surface area (TPSA) is 3.24 Å². The van der Waals surface area contributed by atoms with E-state index in [1.165, 1.54) is 5.69 Å². The predicted octanol–water partition coefficient (Wildman–Crippen LogP) is 3.34. The minimum Gasteiger partial charge on any atom is -0.367 e. The first kappa shape index (κ1) is 10.3. The van der Waals surface area contributed by atoms with Crippen molar-refractivity contribution in [2.75, 3.05) is 18.0 Å². The van der Waals surface area contributed by atoms with E-state index in [0.29, 0.717) is 5.92 Å². The SMILES string of the molecule is CC(C)C1C=CCN(c2ccccc2)C1. The summed E-state index contributed by atoms with van der Waals surface area (Å²) in [6.07, 6.45) is 4.66. The first-order valence-corrected chi connectivity index (χ1v) is 5.74. The Morgan fingerprint density at radius 1 is 1.20 bits per heavy atom. The van der Waals surface area contributed by atoms with Crippen LogP contribution >= 0.6 is 0 Å². The zero-order valence-electron chi connectivity index (χ0n) is 9.56. The molecule has 15 heavy (non-hydrogen) atoms. The zero-order valence-corrected chi connectivity index (χ0v) is 9.56. The van der Waals surface area contributed by atoms with Crippen molar-refractivity contribution in [3.63, 3.8) is 0 Å². The highest BCUT2D eigenvalue weighted by molar-refractivity contribution is 5.47. The maximum atomic E-state index is 2.45. The van der Waals surface area contributed by atoms with Gasteiger partial charge >= 0.3 is 0 Å². The smallest absolute Gasteiger partial charge is 0.0369 e. The second-order valence-electron chi connectivity index (χ2n) is 4.58. The molecule has 1 unspecified atom stereocenters. The molecule has 1 nitrogen and oxygen atoms in total. The number of nitrogens with zero attached hydrogens (tertiary/aromatic N) is 1. The first-order valence-electron chi connectivity index (χ1n) is 5.74. The van der Waals surface area contributed by atoms with Crippen LogP contribution in [0.15, 0.2) is 42.5 Å². The summed E-state index contributed by atoms with van der Waals surface area (Å²) >= 11 is 0. The van der Waals surface area contributed by atoms with Crippen molar-refractivity contribution >= 4 is 5.69 Å². The van der Waals surface area contributed by atoms with Crippen LogP contribution < -0.4 is 4.90 Å². The molecule has 0 N–H and O–H groups in total. The van der Waals surface area contributed by atoms with Crippen molar-refractivity contribution in [1.82, 2.24) is 0 Å². The maximum Gasteiger partial charge on any atom is 0.0369 e. The molecular weight excluding hydrogens is 182 g/mol. The van der Waals surface area contributed by atoms with Crippen LogP contribution in [-0.4, -0.2) is 13.1 Å². The third-order valence-electron chi connectivity index (χ3n) is 3.12. The van der Waals surface area contributed by atoms with Crippen LogP contribution in [0.3, 0.4) is 0 Å². The molecule has 0 bridgehead atoms. The Morgan fingerprint density at radius 2 is 1.93 bits per heavy atom. The molecule has 0 aromatic heterocycles. The molecule has 1 atom stereocenters. The molecule has 0 radical (unpaired) electrons. The van der Waals surface area contributed by atoms with Gasteiger partial charge in [0, 0.05) is 18.8 Å².